The van der Waals surface area contributed by atoms with Gasteiger partial charge >= 0.3 is 0 Å². The molecule has 0 radical (unpaired) electrons. The van der Waals surface area contributed by atoms with Gasteiger partial charge < -0.3 is 10.2 Å². The van der Waals surface area contributed by atoms with Crippen LogP contribution in [-0.4, -0.2) is 31.5 Å². The second-order valence-corrected chi connectivity index (χ2v) is 9.37. The molecule has 0 spiro atoms. The minimum Gasteiger partial charge on any atom is -0.341 e. The molecule has 0 aliphatic carbocycles. The van der Waals surface area contributed by atoms with Crippen LogP contribution in [0.4, 0.5) is 23.1 Å². The molecule has 0 bridgehead atoms. The summed E-state index contributed by atoms with van der Waals surface area (Å²) in [6.07, 6.45) is 5.15. The van der Waals surface area contributed by atoms with Crippen LogP contribution in [0.15, 0.2) is 66.1 Å². The SMILES string of the molecule is Cc1cc(Nc2ccc(NS(=O)(=O)/C=C/c3ccccc3)cc2)nc(N2CCCCC2)n1. The molecule has 7 nitrogen and oxygen atoms in total. The maximum atomic E-state index is 12.3. The van der Waals surface area contributed by atoms with E-state index in [1.807, 2.05) is 55.5 Å². The van der Waals surface area contributed by atoms with Crippen LogP contribution in [0.5, 0.6) is 0 Å². The Balaban J connectivity index is 1.42. The predicted molar refractivity (Wildman–Crippen MR) is 131 cm³/mol. The van der Waals surface area contributed by atoms with Crippen LogP contribution >= 0.6 is 0 Å². The van der Waals surface area contributed by atoms with E-state index in [2.05, 4.69) is 24.9 Å². The first-order valence-electron chi connectivity index (χ1n) is 10.7. The summed E-state index contributed by atoms with van der Waals surface area (Å²) in [5.74, 6) is 1.47. The van der Waals surface area contributed by atoms with Crippen molar-refractivity contribution in [2.75, 3.05) is 28.0 Å². The molecule has 1 saturated heterocycles. The van der Waals surface area contributed by atoms with Gasteiger partial charge in [-0.15, -0.1) is 0 Å². The number of aromatic nitrogens is 2. The maximum absolute atomic E-state index is 12.3. The summed E-state index contributed by atoms with van der Waals surface area (Å²) in [4.78, 5) is 11.5. The number of nitrogens with one attached hydrogen (secondary N) is 2. The highest BCUT2D eigenvalue weighted by Crippen LogP contribution is 2.22. The number of hydrogen-bond donors (Lipinski definition) is 2. The van der Waals surface area contributed by atoms with Crippen LogP contribution in [0.2, 0.25) is 0 Å². The summed E-state index contributed by atoms with van der Waals surface area (Å²) in [6, 6.07) is 18.3. The van der Waals surface area contributed by atoms with Gasteiger partial charge in [0.15, 0.2) is 0 Å². The minimum atomic E-state index is -3.61. The van der Waals surface area contributed by atoms with Crippen molar-refractivity contribution in [1.82, 2.24) is 9.97 Å². The van der Waals surface area contributed by atoms with Crippen LogP contribution in [0.3, 0.4) is 0 Å². The van der Waals surface area contributed by atoms with E-state index in [9.17, 15) is 8.42 Å². The molecule has 32 heavy (non-hydrogen) atoms. The zero-order valence-electron chi connectivity index (χ0n) is 18.0. The van der Waals surface area contributed by atoms with Crippen molar-refractivity contribution in [3.8, 4) is 0 Å². The van der Waals surface area contributed by atoms with E-state index in [4.69, 9.17) is 0 Å². The average molecular weight is 450 g/mol. The normalized spacial score (nSPS) is 14.5. The Hall–Kier alpha value is -3.39. The summed E-state index contributed by atoms with van der Waals surface area (Å²) in [7, 11) is -3.61. The van der Waals surface area contributed by atoms with E-state index < -0.39 is 10.0 Å². The lowest BCUT2D eigenvalue weighted by Gasteiger charge is -2.27. The molecule has 2 N–H and O–H groups in total. The minimum absolute atomic E-state index is 0.487. The first-order chi connectivity index (χ1) is 15.5. The van der Waals surface area contributed by atoms with Crippen LogP contribution < -0.4 is 14.9 Å². The smallest absolute Gasteiger partial charge is 0.255 e. The van der Waals surface area contributed by atoms with E-state index in [1.165, 1.54) is 11.8 Å². The molecule has 8 heteroatoms. The van der Waals surface area contributed by atoms with Gasteiger partial charge in [0.05, 0.1) is 5.41 Å². The van der Waals surface area contributed by atoms with Crippen molar-refractivity contribution in [2.45, 2.75) is 26.2 Å². The highest BCUT2D eigenvalue weighted by Gasteiger charge is 2.15. The summed E-state index contributed by atoms with van der Waals surface area (Å²) in [6.45, 7) is 3.92. The monoisotopic (exact) mass is 449 g/mol. The lowest BCUT2D eigenvalue weighted by molar-refractivity contribution is 0.568. The summed E-state index contributed by atoms with van der Waals surface area (Å²) in [5.41, 5.74) is 3.02. The lowest BCUT2D eigenvalue weighted by Crippen LogP contribution is -2.31. The second-order valence-electron chi connectivity index (χ2n) is 7.81. The molecule has 4 rings (SSSR count). The van der Waals surface area contributed by atoms with Crippen molar-refractivity contribution >= 4 is 39.2 Å². The van der Waals surface area contributed by atoms with E-state index in [1.54, 1.807) is 18.2 Å². The van der Waals surface area contributed by atoms with Gasteiger partial charge in [-0.3, -0.25) is 4.72 Å². The second kappa shape index (κ2) is 9.82. The van der Waals surface area contributed by atoms with E-state index in [-0.39, 0.29) is 0 Å². The number of anilines is 4. The van der Waals surface area contributed by atoms with Gasteiger partial charge in [0.2, 0.25) is 5.95 Å². The maximum Gasteiger partial charge on any atom is 0.255 e. The first-order valence-corrected chi connectivity index (χ1v) is 12.3. The van der Waals surface area contributed by atoms with Gasteiger partial charge in [-0.25, -0.2) is 13.4 Å². The summed E-state index contributed by atoms with van der Waals surface area (Å²) in [5, 5.41) is 4.46. The zero-order chi connectivity index (χ0) is 22.4. The zero-order valence-corrected chi connectivity index (χ0v) is 18.8. The third-order valence-electron chi connectivity index (χ3n) is 5.14. The Labute approximate surface area is 189 Å². The Kier molecular flexibility index (Phi) is 6.70. The van der Waals surface area contributed by atoms with Gasteiger partial charge in [-0.05, 0) is 62.1 Å². The van der Waals surface area contributed by atoms with Crippen LogP contribution in [0.1, 0.15) is 30.5 Å². The van der Waals surface area contributed by atoms with E-state index >= 15 is 0 Å². The quantitative estimate of drug-likeness (QED) is 0.532. The molecule has 0 saturated carbocycles. The molecular formula is C24H27N5O2S. The topological polar surface area (TPSA) is 87.2 Å². The van der Waals surface area contributed by atoms with Gasteiger partial charge in [0, 0.05) is 36.2 Å². The standard InChI is InChI=1S/C24H27N5O2S/c1-19-18-23(27-24(25-19)29-15-6-3-7-16-29)26-21-10-12-22(13-11-21)28-32(30,31)17-14-20-8-4-2-5-9-20/h2,4-5,8-14,17-18,28H,3,6-7,15-16H2,1H3,(H,25,26,27)/b17-14+. The van der Waals surface area contributed by atoms with Gasteiger partial charge in [-0.1, -0.05) is 30.3 Å². The van der Waals surface area contributed by atoms with E-state index in [0.29, 0.717) is 5.69 Å². The molecule has 0 atom stereocenters. The molecule has 2 aromatic carbocycles. The summed E-state index contributed by atoms with van der Waals surface area (Å²) >= 11 is 0. The Morgan fingerprint density at radius 1 is 0.906 bits per heavy atom. The van der Waals surface area contributed by atoms with Gasteiger partial charge in [-0.2, -0.15) is 4.98 Å². The van der Waals surface area contributed by atoms with Crippen LogP contribution in [-0.2, 0) is 10.0 Å². The number of benzene rings is 2. The molecule has 1 aliphatic heterocycles. The number of hydrogen-bond acceptors (Lipinski definition) is 6. The fraction of sp³-hybridized carbons (Fsp3) is 0.250. The number of piperidine rings is 1. The molecule has 0 amide bonds. The number of aryl methyl sites for hydroxylation is 1. The van der Waals surface area contributed by atoms with Crippen molar-refractivity contribution in [3.63, 3.8) is 0 Å². The molecular weight excluding hydrogens is 422 g/mol. The first kappa shape index (κ1) is 21.8. The van der Waals surface area contributed by atoms with Crippen molar-refractivity contribution in [2.24, 2.45) is 0 Å². The molecule has 1 aliphatic rings. The van der Waals surface area contributed by atoms with Gasteiger partial charge in [0.1, 0.15) is 5.82 Å². The average Bonchev–Trinajstić information content (AvgIpc) is 2.80. The number of rotatable bonds is 7. The third kappa shape index (κ3) is 6.07. The predicted octanol–water partition coefficient (Wildman–Crippen LogP) is 4.93. The van der Waals surface area contributed by atoms with E-state index in [0.717, 1.165) is 54.6 Å². The van der Waals surface area contributed by atoms with Crippen LogP contribution in [0.25, 0.3) is 6.08 Å². The number of nitrogens with zero attached hydrogens (tertiary/aromatic N) is 3. The fourth-order valence-electron chi connectivity index (χ4n) is 3.55. The Morgan fingerprint density at radius 3 is 2.31 bits per heavy atom. The molecule has 166 valence electrons. The Bertz CT molecular complexity index is 1170. The summed E-state index contributed by atoms with van der Waals surface area (Å²) < 4.78 is 27.2. The highest BCUT2D eigenvalue weighted by molar-refractivity contribution is 7.95. The largest absolute Gasteiger partial charge is 0.341 e. The van der Waals surface area contributed by atoms with Crippen molar-refractivity contribution < 1.29 is 8.42 Å². The third-order valence-corrected chi connectivity index (χ3v) is 6.15. The Morgan fingerprint density at radius 2 is 1.59 bits per heavy atom. The van der Waals surface area contributed by atoms with Crippen molar-refractivity contribution in [1.29, 1.82) is 0 Å². The number of sulfonamides is 1. The molecule has 2 heterocycles. The molecule has 1 fully saturated rings. The van der Waals surface area contributed by atoms with Crippen LogP contribution in [0, 0.1) is 6.92 Å². The molecule has 0 unspecified atom stereocenters. The van der Waals surface area contributed by atoms with Gasteiger partial charge in [0.25, 0.3) is 10.0 Å². The highest BCUT2D eigenvalue weighted by atomic mass is 32.2. The van der Waals surface area contributed by atoms with Crippen molar-refractivity contribution in [3.05, 3.63) is 77.3 Å². The lowest BCUT2D eigenvalue weighted by atomic mass is 10.1. The fourth-order valence-corrected chi connectivity index (χ4v) is 4.42. The molecule has 1 aromatic heterocycles. The molecule has 3 aromatic rings.